The monoisotopic (exact) mass is 186 g/mol. The van der Waals surface area contributed by atoms with Crippen molar-refractivity contribution in [1.29, 1.82) is 0 Å². The predicted molar refractivity (Wildman–Crippen MR) is 50.7 cm³/mol. The van der Waals surface area contributed by atoms with Crippen LogP contribution in [0.2, 0.25) is 0 Å². The molecule has 0 aromatic carbocycles. The van der Waals surface area contributed by atoms with Gasteiger partial charge in [-0.3, -0.25) is 0 Å². The molecule has 76 valence electrons. The molecule has 2 aliphatic rings. The van der Waals surface area contributed by atoms with Crippen LogP contribution >= 0.6 is 0 Å². The van der Waals surface area contributed by atoms with E-state index < -0.39 is 0 Å². The van der Waals surface area contributed by atoms with E-state index in [1.54, 1.807) is 0 Å². The van der Waals surface area contributed by atoms with Gasteiger partial charge in [-0.05, 0) is 24.7 Å². The Bertz CT molecular complexity index is 186. The van der Waals surface area contributed by atoms with Crippen LogP contribution in [-0.4, -0.2) is 23.8 Å². The molecular weight excluding hydrogens is 167 g/mol. The van der Waals surface area contributed by atoms with Gasteiger partial charge in [-0.1, -0.05) is 19.8 Å². The fraction of sp³-hybridized carbons (Fsp3) is 1.00. The lowest BCUT2D eigenvalue weighted by Gasteiger charge is -2.45. The van der Waals surface area contributed by atoms with Crippen molar-refractivity contribution in [2.75, 3.05) is 6.54 Å². The maximum absolute atomic E-state index is 13.5. The van der Waals surface area contributed by atoms with Gasteiger partial charge in [-0.25, -0.2) is 0 Å². The Labute approximate surface area is 79.2 Å². The first-order valence-electron chi connectivity index (χ1n) is 5.38. The quantitative estimate of drug-likeness (QED) is 0.583. The number of nitrogens with zero attached hydrogens (tertiary/aromatic N) is 1. The zero-order valence-corrected chi connectivity index (χ0v) is 8.25. The van der Waals surface area contributed by atoms with Crippen LogP contribution in [0.15, 0.2) is 0 Å². The molecule has 2 nitrogen and oxygen atoms in total. The maximum Gasteiger partial charge on any atom is 0.0445 e. The minimum absolute atomic E-state index is 0.125. The van der Waals surface area contributed by atoms with Gasteiger partial charge in [0.05, 0.1) is 0 Å². The molecule has 4 atom stereocenters. The van der Waals surface area contributed by atoms with E-state index >= 15 is 0 Å². The van der Waals surface area contributed by atoms with Crippen molar-refractivity contribution in [3.8, 4) is 0 Å². The first-order valence-corrected chi connectivity index (χ1v) is 5.38. The fourth-order valence-corrected chi connectivity index (χ4v) is 2.89. The van der Waals surface area contributed by atoms with Crippen molar-refractivity contribution < 1.29 is 4.48 Å². The van der Waals surface area contributed by atoms with Gasteiger partial charge >= 0.3 is 0 Å². The third-order valence-electron chi connectivity index (χ3n) is 3.76. The number of halogens is 1. The van der Waals surface area contributed by atoms with Crippen molar-refractivity contribution in [3.05, 3.63) is 0 Å². The summed E-state index contributed by atoms with van der Waals surface area (Å²) < 4.78 is 13.5. The highest BCUT2D eigenvalue weighted by molar-refractivity contribution is 4.94. The molecule has 2 N–H and O–H groups in total. The van der Waals surface area contributed by atoms with Crippen LogP contribution in [0, 0.1) is 11.8 Å². The van der Waals surface area contributed by atoms with Crippen LogP contribution < -0.4 is 5.73 Å². The summed E-state index contributed by atoms with van der Waals surface area (Å²) in [5.41, 5.74) is 6.10. The second-order valence-electron chi connectivity index (χ2n) is 4.65. The summed E-state index contributed by atoms with van der Waals surface area (Å²) in [7, 11) is 0. The largest absolute Gasteiger partial charge is 0.327 e. The fourth-order valence-electron chi connectivity index (χ4n) is 2.89. The molecule has 1 aliphatic carbocycles. The summed E-state index contributed by atoms with van der Waals surface area (Å²) in [6, 6.07) is 0.345. The Morgan fingerprint density at radius 2 is 2.00 bits per heavy atom. The van der Waals surface area contributed by atoms with Gasteiger partial charge in [-0.15, -0.1) is 9.60 Å². The van der Waals surface area contributed by atoms with E-state index in [0.29, 0.717) is 18.4 Å². The summed E-state index contributed by atoms with van der Waals surface area (Å²) >= 11 is 0. The van der Waals surface area contributed by atoms with Crippen LogP contribution in [0.3, 0.4) is 0 Å². The van der Waals surface area contributed by atoms with Gasteiger partial charge in [-0.2, -0.15) is 0 Å². The third kappa shape index (κ3) is 1.59. The minimum Gasteiger partial charge on any atom is -0.327 e. The smallest absolute Gasteiger partial charge is 0.0445 e. The van der Waals surface area contributed by atoms with Gasteiger partial charge in [0.2, 0.25) is 0 Å². The molecular formula is C10H19FN2. The Morgan fingerprint density at radius 3 is 2.77 bits per heavy atom. The predicted octanol–water partition coefficient (Wildman–Crippen LogP) is 1.71. The second kappa shape index (κ2) is 3.54. The van der Waals surface area contributed by atoms with Crippen LogP contribution in [-0.2, 0) is 0 Å². The van der Waals surface area contributed by atoms with E-state index in [1.807, 2.05) is 0 Å². The first kappa shape index (κ1) is 9.41. The zero-order chi connectivity index (χ0) is 9.42. The molecule has 0 radical (unpaired) electrons. The van der Waals surface area contributed by atoms with Crippen LogP contribution in [0.25, 0.3) is 0 Å². The molecule has 4 unspecified atom stereocenters. The molecule has 1 saturated heterocycles. The number of hydrogen-bond acceptors (Lipinski definition) is 2. The molecule has 3 heteroatoms. The van der Waals surface area contributed by atoms with E-state index in [1.165, 1.54) is 12.8 Å². The Morgan fingerprint density at radius 1 is 1.31 bits per heavy atom. The molecule has 1 aliphatic heterocycles. The highest BCUT2D eigenvalue weighted by atomic mass is 19.2. The minimum atomic E-state index is 0.125. The lowest BCUT2D eigenvalue weighted by atomic mass is 9.73. The van der Waals surface area contributed by atoms with Crippen molar-refractivity contribution in [2.45, 2.75) is 44.7 Å². The van der Waals surface area contributed by atoms with Gasteiger partial charge in [0.25, 0.3) is 0 Å². The van der Waals surface area contributed by atoms with Gasteiger partial charge in [0.15, 0.2) is 0 Å². The highest BCUT2D eigenvalue weighted by Gasteiger charge is 2.41. The first-order chi connectivity index (χ1) is 6.20. The Kier molecular flexibility index (Phi) is 2.56. The maximum atomic E-state index is 13.5. The number of fused-ring (bicyclic) bond motifs is 1. The van der Waals surface area contributed by atoms with Crippen molar-refractivity contribution in [2.24, 2.45) is 17.6 Å². The molecule has 2 fully saturated rings. The van der Waals surface area contributed by atoms with Crippen LogP contribution in [0.1, 0.15) is 32.6 Å². The Hall–Kier alpha value is -0.150. The molecule has 2 rings (SSSR count). The van der Waals surface area contributed by atoms with Crippen LogP contribution in [0.5, 0.6) is 0 Å². The molecule has 1 saturated carbocycles. The molecule has 0 spiro atoms. The summed E-state index contributed by atoms with van der Waals surface area (Å²) in [6.07, 6.45) is 4.52. The molecule has 0 aromatic heterocycles. The van der Waals surface area contributed by atoms with Crippen LogP contribution in [0.4, 0.5) is 4.48 Å². The number of hydrogen-bond donors (Lipinski definition) is 1. The molecule has 0 aromatic rings. The summed E-state index contributed by atoms with van der Waals surface area (Å²) in [4.78, 5) is 0. The van der Waals surface area contributed by atoms with E-state index in [-0.39, 0.29) is 12.1 Å². The SMILES string of the molecule is CC1CN(F)C2CCCCC2C1N. The number of piperidine rings is 1. The molecule has 1 heterocycles. The highest BCUT2D eigenvalue weighted by Crippen LogP contribution is 2.36. The van der Waals surface area contributed by atoms with Gasteiger partial charge < -0.3 is 5.73 Å². The third-order valence-corrected chi connectivity index (χ3v) is 3.76. The number of rotatable bonds is 0. The normalized spacial score (nSPS) is 47.3. The molecule has 0 bridgehead atoms. The molecule has 0 amide bonds. The van der Waals surface area contributed by atoms with E-state index in [0.717, 1.165) is 18.0 Å². The van der Waals surface area contributed by atoms with Crippen molar-refractivity contribution >= 4 is 0 Å². The van der Waals surface area contributed by atoms with E-state index in [4.69, 9.17) is 5.73 Å². The second-order valence-corrected chi connectivity index (χ2v) is 4.65. The standard InChI is InChI=1S/C10H19FN2/c1-7-6-13(11)9-5-3-2-4-8(9)10(7)12/h7-10H,2-6,12H2,1H3. The van der Waals surface area contributed by atoms with Gasteiger partial charge in [0, 0.05) is 18.6 Å². The summed E-state index contributed by atoms with van der Waals surface area (Å²) in [6.45, 7) is 2.59. The summed E-state index contributed by atoms with van der Waals surface area (Å²) in [5, 5.41) is 1.04. The van der Waals surface area contributed by atoms with Crippen molar-refractivity contribution in [1.82, 2.24) is 5.12 Å². The Balaban J connectivity index is 2.10. The number of nitrogens with two attached hydrogens (primary N) is 1. The average Bonchev–Trinajstić information content (AvgIpc) is 2.15. The summed E-state index contributed by atoms with van der Waals surface area (Å²) in [5.74, 6) is 0.715. The van der Waals surface area contributed by atoms with Crippen molar-refractivity contribution in [3.63, 3.8) is 0 Å². The molecule has 13 heavy (non-hydrogen) atoms. The zero-order valence-electron chi connectivity index (χ0n) is 8.25. The average molecular weight is 186 g/mol. The lowest BCUT2D eigenvalue weighted by molar-refractivity contribution is -0.108. The topological polar surface area (TPSA) is 29.3 Å². The lowest BCUT2D eigenvalue weighted by Crippen LogP contribution is -2.56. The van der Waals surface area contributed by atoms with E-state index in [9.17, 15) is 4.48 Å². The van der Waals surface area contributed by atoms with Gasteiger partial charge in [0.1, 0.15) is 0 Å². The van der Waals surface area contributed by atoms with E-state index in [2.05, 4.69) is 6.92 Å².